The molecule has 2 aliphatic rings. The minimum atomic E-state index is -0.621. The lowest BCUT2D eigenvalue weighted by molar-refractivity contribution is 0.190. The van der Waals surface area contributed by atoms with Crippen LogP contribution in [0.25, 0.3) is 0 Å². The van der Waals surface area contributed by atoms with Gasteiger partial charge in [0.25, 0.3) is 0 Å². The largest absolute Gasteiger partial charge is 0.300 e. The molecule has 1 aliphatic carbocycles. The van der Waals surface area contributed by atoms with E-state index in [0.717, 1.165) is 24.9 Å². The Bertz CT molecular complexity index is 158. The third kappa shape index (κ3) is 1.79. The molecule has 0 spiro atoms. The summed E-state index contributed by atoms with van der Waals surface area (Å²) < 4.78 is 12.6. The van der Waals surface area contributed by atoms with Gasteiger partial charge in [0.15, 0.2) is 0 Å². The van der Waals surface area contributed by atoms with E-state index in [9.17, 15) is 4.39 Å². The fourth-order valence-electron chi connectivity index (χ4n) is 2.33. The van der Waals surface area contributed by atoms with E-state index in [1.54, 1.807) is 6.92 Å². The second kappa shape index (κ2) is 3.33. The van der Waals surface area contributed by atoms with Crippen molar-refractivity contribution in [3.05, 3.63) is 0 Å². The molecule has 1 nitrogen and oxygen atoms in total. The van der Waals surface area contributed by atoms with Crippen molar-refractivity contribution in [1.82, 2.24) is 4.90 Å². The number of fused-ring (bicyclic) bond motifs is 1. The van der Waals surface area contributed by atoms with Crippen molar-refractivity contribution in [3.8, 4) is 0 Å². The molecule has 2 heteroatoms. The van der Waals surface area contributed by atoms with Gasteiger partial charge in [-0.2, -0.15) is 0 Å². The van der Waals surface area contributed by atoms with E-state index in [0.29, 0.717) is 0 Å². The lowest BCUT2D eigenvalue weighted by atomic mass is 10.1. The van der Waals surface area contributed by atoms with Gasteiger partial charge in [0.05, 0.1) is 6.17 Å². The second-order valence-corrected chi connectivity index (χ2v) is 4.31. The van der Waals surface area contributed by atoms with Crippen LogP contribution < -0.4 is 0 Å². The van der Waals surface area contributed by atoms with Gasteiger partial charge < -0.3 is 0 Å². The van der Waals surface area contributed by atoms with E-state index >= 15 is 0 Å². The molecule has 1 heterocycles. The minimum Gasteiger partial charge on any atom is -0.300 e. The Balaban J connectivity index is 1.73. The third-order valence-electron chi connectivity index (χ3n) is 3.19. The first-order chi connectivity index (χ1) is 5.77. The quantitative estimate of drug-likeness (QED) is 0.629. The van der Waals surface area contributed by atoms with Crippen LogP contribution in [0.4, 0.5) is 4.39 Å². The number of alkyl halides is 1. The SMILES string of the molecule is CC(F)CCN1CCCC2CC21. The molecule has 0 radical (unpaired) electrons. The maximum Gasteiger partial charge on any atom is 0.0985 e. The molecule has 1 saturated heterocycles. The van der Waals surface area contributed by atoms with Crippen LogP contribution in [0.1, 0.15) is 32.6 Å². The molecule has 0 N–H and O–H groups in total. The lowest BCUT2D eigenvalue weighted by Gasteiger charge is -2.26. The summed E-state index contributed by atoms with van der Waals surface area (Å²) in [4.78, 5) is 2.49. The number of nitrogens with zero attached hydrogens (tertiary/aromatic N) is 1. The Labute approximate surface area is 73.9 Å². The van der Waals surface area contributed by atoms with Gasteiger partial charge in [-0.05, 0) is 45.1 Å². The number of hydrogen-bond donors (Lipinski definition) is 0. The second-order valence-electron chi connectivity index (χ2n) is 4.31. The van der Waals surface area contributed by atoms with Crippen molar-refractivity contribution in [3.63, 3.8) is 0 Å². The summed E-state index contributed by atoms with van der Waals surface area (Å²) in [5.41, 5.74) is 0. The Hall–Kier alpha value is -0.110. The Kier molecular flexibility index (Phi) is 2.35. The van der Waals surface area contributed by atoms with E-state index in [2.05, 4.69) is 4.90 Å². The molecule has 0 bridgehead atoms. The summed E-state index contributed by atoms with van der Waals surface area (Å²) in [5.74, 6) is 0.980. The van der Waals surface area contributed by atoms with Gasteiger partial charge in [-0.1, -0.05) is 0 Å². The highest BCUT2D eigenvalue weighted by atomic mass is 19.1. The van der Waals surface area contributed by atoms with E-state index < -0.39 is 6.17 Å². The van der Waals surface area contributed by atoms with Crippen LogP contribution in [0.3, 0.4) is 0 Å². The summed E-state index contributed by atoms with van der Waals surface area (Å²) >= 11 is 0. The summed E-state index contributed by atoms with van der Waals surface area (Å²) in [5, 5.41) is 0. The molecule has 0 aromatic carbocycles. The van der Waals surface area contributed by atoms with Gasteiger partial charge >= 0.3 is 0 Å². The van der Waals surface area contributed by atoms with E-state index in [-0.39, 0.29) is 0 Å². The number of likely N-dealkylation sites (tertiary alicyclic amines) is 1. The van der Waals surface area contributed by atoms with Crippen molar-refractivity contribution in [2.45, 2.75) is 44.8 Å². The zero-order valence-corrected chi connectivity index (χ0v) is 7.80. The Morgan fingerprint density at radius 1 is 1.58 bits per heavy atom. The average molecular weight is 171 g/mol. The van der Waals surface area contributed by atoms with Crippen molar-refractivity contribution in [1.29, 1.82) is 0 Å². The predicted octanol–water partition coefficient (Wildman–Crippen LogP) is 2.22. The molecular formula is C10H18FN. The number of hydrogen-bond acceptors (Lipinski definition) is 1. The zero-order chi connectivity index (χ0) is 8.55. The molecule has 70 valence electrons. The molecular weight excluding hydrogens is 153 g/mol. The van der Waals surface area contributed by atoms with Crippen molar-refractivity contribution < 1.29 is 4.39 Å². The Morgan fingerprint density at radius 2 is 2.42 bits per heavy atom. The van der Waals surface area contributed by atoms with Crippen LogP contribution in [0, 0.1) is 5.92 Å². The van der Waals surface area contributed by atoms with Crippen LogP contribution >= 0.6 is 0 Å². The van der Waals surface area contributed by atoms with E-state index in [1.807, 2.05) is 0 Å². The summed E-state index contributed by atoms with van der Waals surface area (Å²) in [6.07, 6.45) is 4.25. The first-order valence-electron chi connectivity index (χ1n) is 5.15. The summed E-state index contributed by atoms with van der Waals surface area (Å²) in [6, 6.07) is 0.845. The van der Waals surface area contributed by atoms with Gasteiger partial charge in [0, 0.05) is 12.6 Å². The third-order valence-corrected chi connectivity index (χ3v) is 3.19. The maximum atomic E-state index is 12.6. The lowest BCUT2D eigenvalue weighted by Crippen LogP contribution is -2.33. The first kappa shape index (κ1) is 8.49. The average Bonchev–Trinajstić information content (AvgIpc) is 2.78. The molecule has 0 amide bonds. The molecule has 12 heavy (non-hydrogen) atoms. The molecule has 0 aromatic heterocycles. The van der Waals surface area contributed by atoms with Crippen molar-refractivity contribution in [2.75, 3.05) is 13.1 Å². The van der Waals surface area contributed by atoms with Gasteiger partial charge in [-0.15, -0.1) is 0 Å². The smallest absolute Gasteiger partial charge is 0.0985 e. The van der Waals surface area contributed by atoms with Crippen molar-refractivity contribution >= 4 is 0 Å². The maximum absolute atomic E-state index is 12.6. The van der Waals surface area contributed by atoms with Gasteiger partial charge in [-0.25, -0.2) is 4.39 Å². The molecule has 1 aliphatic heterocycles. The monoisotopic (exact) mass is 171 g/mol. The van der Waals surface area contributed by atoms with Crippen LogP contribution in [-0.4, -0.2) is 30.2 Å². The molecule has 2 fully saturated rings. The van der Waals surface area contributed by atoms with Crippen LogP contribution in [-0.2, 0) is 0 Å². The highest BCUT2D eigenvalue weighted by Crippen LogP contribution is 2.42. The van der Waals surface area contributed by atoms with Crippen LogP contribution in [0.2, 0.25) is 0 Å². The van der Waals surface area contributed by atoms with E-state index in [4.69, 9.17) is 0 Å². The Morgan fingerprint density at radius 3 is 3.17 bits per heavy atom. The fourth-order valence-corrected chi connectivity index (χ4v) is 2.33. The van der Waals surface area contributed by atoms with E-state index in [1.165, 1.54) is 25.8 Å². The standard InChI is InChI=1S/C10H18FN/c1-8(11)4-6-12-5-2-3-9-7-10(9)12/h8-10H,2-7H2,1H3. The van der Waals surface area contributed by atoms with Crippen LogP contribution in [0.5, 0.6) is 0 Å². The molecule has 3 unspecified atom stereocenters. The highest BCUT2D eigenvalue weighted by molar-refractivity contribution is 4.98. The summed E-state index contributed by atoms with van der Waals surface area (Å²) in [7, 11) is 0. The normalized spacial score (nSPS) is 37.5. The minimum absolute atomic E-state index is 0.621. The molecule has 3 atom stereocenters. The number of rotatable bonds is 3. The number of piperidine rings is 1. The molecule has 1 saturated carbocycles. The van der Waals surface area contributed by atoms with Crippen molar-refractivity contribution in [2.24, 2.45) is 5.92 Å². The topological polar surface area (TPSA) is 3.24 Å². The fraction of sp³-hybridized carbons (Fsp3) is 1.00. The zero-order valence-electron chi connectivity index (χ0n) is 7.80. The number of halogens is 1. The van der Waals surface area contributed by atoms with Crippen LogP contribution in [0.15, 0.2) is 0 Å². The molecule has 0 aromatic rings. The van der Waals surface area contributed by atoms with Gasteiger partial charge in [0.1, 0.15) is 0 Å². The van der Waals surface area contributed by atoms with Gasteiger partial charge in [0.2, 0.25) is 0 Å². The first-order valence-corrected chi connectivity index (χ1v) is 5.15. The molecule has 2 rings (SSSR count). The highest BCUT2D eigenvalue weighted by Gasteiger charge is 2.43. The van der Waals surface area contributed by atoms with Gasteiger partial charge in [-0.3, -0.25) is 4.90 Å². The predicted molar refractivity (Wildman–Crippen MR) is 47.9 cm³/mol. The summed E-state index contributed by atoms with van der Waals surface area (Å²) in [6.45, 7) is 3.86.